The van der Waals surface area contributed by atoms with Gasteiger partial charge < -0.3 is 4.74 Å². The number of rotatable bonds is 4. The number of carbonyl (C=O) groups is 1. The SMILES string of the molecule is CC(=O)CC(C)(C)Oc1cccc(C)c1. The minimum absolute atomic E-state index is 0.146. The maximum absolute atomic E-state index is 11.0. The fourth-order valence-electron chi connectivity index (χ4n) is 1.63. The van der Waals surface area contributed by atoms with Gasteiger partial charge in [0.1, 0.15) is 17.1 Å². The van der Waals surface area contributed by atoms with Crippen molar-refractivity contribution in [3.8, 4) is 5.75 Å². The molecule has 0 saturated heterocycles. The third-order valence-corrected chi connectivity index (χ3v) is 2.06. The summed E-state index contributed by atoms with van der Waals surface area (Å²) in [6, 6.07) is 7.86. The van der Waals surface area contributed by atoms with E-state index >= 15 is 0 Å². The van der Waals surface area contributed by atoms with Gasteiger partial charge in [0.2, 0.25) is 0 Å². The number of hydrogen-bond acceptors (Lipinski definition) is 2. The normalized spacial score (nSPS) is 11.2. The molecule has 0 aliphatic rings. The quantitative estimate of drug-likeness (QED) is 0.756. The van der Waals surface area contributed by atoms with Gasteiger partial charge in [-0.25, -0.2) is 0 Å². The molecule has 0 fully saturated rings. The van der Waals surface area contributed by atoms with Gasteiger partial charge >= 0.3 is 0 Å². The fraction of sp³-hybridized carbons (Fsp3) is 0.462. The molecule has 2 nitrogen and oxygen atoms in total. The smallest absolute Gasteiger partial charge is 0.133 e. The van der Waals surface area contributed by atoms with E-state index in [1.807, 2.05) is 45.0 Å². The van der Waals surface area contributed by atoms with Crippen molar-refractivity contribution in [3.05, 3.63) is 29.8 Å². The zero-order valence-corrected chi connectivity index (χ0v) is 9.83. The van der Waals surface area contributed by atoms with Crippen LogP contribution in [0.2, 0.25) is 0 Å². The Morgan fingerprint density at radius 2 is 2.07 bits per heavy atom. The van der Waals surface area contributed by atoms with Gasteiger partial charge in [-0.3, -0.25) is 4.79 Å². The molecule has 1 aromatic carbocycles. The van der Waals surface area contributed by atoms with Crippen LogP contribution in [0.5, 0.6) is 5.75 Å². The summed E-state index contributed by atoms with van der Waals surface area (Å²) in [6.07, 6.45) is 0.431. The van der Waals surface area contributed by atoms with Crippen molar-refractivity contribution in [2.45, 2.75) is 39.7 Å². The van der Waals surface area contributed by atoms with Crippen molar-refractivity contribution in [2.24, 2.45) is 0 Å². The molecule has 0 aliphatic heterocycles. The number of ketones is 1. The van der Waals surface area contributed by atoms with Crippen LogP contribution in [0.15, 0.2) is 24.3 Å². The van der Waals surface area contributed by atoms with Gasteiger partial charge in [0.25, 0.3) is 0 Å². The number of carbonyl (C=O) groups excluding carboxylic acids is 1. The highest BCUT2D eigenvalue weighted by molar-refractivity contribution is 5.76. The van der Waals surface area contributed by atoms with Crippen LogP contribution in [0.1, 0.15) is 32.8 Å². The molecule has 0 atom stereocenters. The number of aryl methyl sites for hydroxylation is 1. The largest absolute Gasteiger partial charge is 0.487 e. The predicted molar refractivity (Wildman–Crippen MR) is 61.2 cm³/mol. The lowest BCUT2D eigenvalue weighted by molar-refractivity contribution is -0.120. The first-order valence-corrected chi connectivity index (χ1v) is 5.14. The Morgan fingerprint density at radius 1 is 1.40 bits per heavy atom. The third-order valence-electron chi connectivity index (χ3n) is 2.06. The monoisotopic (exact) mass is 206 g/mol. The van der Waals surface area contributed by atoms with Gasteiger partial charge in [0.15, 0.2) is 0 Å². The van der Waals surface area contributed by atoms with Crippen LogP contribution in [0.4, 0.5) is 0 Å². The lowest BCUT2D eigenvalue weighted by Gasteiger charge is -2.25. The van der Waals surface area contributed by atoms with Crippen molar-refractivity contribution in [1.29, 1.82) is 0 Å². The molecule has 0 aliphatic carbocycles. The Kier molecular flexibility index (Phi) is 3.51. The van der Waals surface area contributed by atoms with E-state index in [9.17, 15) is 4.79 Å². The van der Waals surface area contributed by atoms with Gasteiger partial charge in [-0.15, -0.1) is 0 Å². The lowest BCUT2D eigenvalue weighted by Crippen LogP contribution is -2.30. The zero-order chi connectivity index (χ0) is 11.5. The van der Waals surface area contributed by atoms with Crippen molar-refractivity contribution < 1.29 is 9.53 Å². The second kappa shape index (κ2) is 4.47. The first-order valence-electron chi connectivity index (χ1n) is 5.14. The van der Waals surface area contributed by atoms with Crippen molar-refractivity contribution in [1.82, 2.24) is 0 Å². The summed E-state index contributed by atoms with van der Waals surface area (Å²) < 4.78 is 5.77. The summed E-state index contributed by atoms with van der Waals surface area (Å²) in [5.74, 6) is 0.967. The van der Waals surface area contributed by atoms with Crippen LogP contribution in [0.25, 0.3) is 0 Å². The molecule has 0 heterocycles. The Hall–Kier alpha value is -1.31. The van der Waals surface area contributed by atoms with Crippen molar-refractivity contribution in [2.75, 3.05) is 0 Å². The fourth-order valence-corrected chi connectivity index (χ4v) is 1.63. The van der Waals surface area contributed by atoms with Crippen LogP contribution in [0.3, 0.4) is 0 Å². The van der Waals surface area contributed by atoms with E-state index in [2.05, 4.69) is 0 Å². The molecule has 15 heavy (non-hydrogen) atoms. The Bertz CT molecular complexity index is 353. The molecule has 82 valence electrons. The van der Waals surface area contributed by atoms with Crippen molar-refractivity contribution >= 4 is 5.78 Å². The second-order valence-electron chi connectivity index (χ2n) is 4.56. The molecule has 0 aromatic heterocycles. The number of hydrogen-bond donors (Lipinski definition) is 0. The van der Waals surface area contributed by atoms with Gasteiger partial charge in [-0.05, 0) is 45.4 Å². The summed E-state index contributed by atoms with van der Waals surface area (Å²) in [5, 5.41) is 0. The summed E-state index contributed by atoms with van der Waals surface area (Å²) in [4.78, 5) is 11.0. The molecular formula is C13H18O2. The van der Waals surface area contributed by atoms with Crippen LogP contribution in [-0.2, 0) is 4.79 Å². The summed E-state index contributed by atoms with van der Waals surface area (Å²) in [5.41, 5.74) is 0.728. The van der Waals surface area contributed by atoms with Crippen LogP contribution < -0.4 is 4.74 Å². The molecule has 2 heteroatoms. The molecule has 0 saturated carbocycles. The van der Waals surface area contributed by atoms with E-state index in [4.69, 9.17) is 4.74 Å². The molecule has 1 aromatic rings. The van der Waals surface area contributed by atoms with E-state index in [1.54, 1.807) is 6.92 Å². The average molecular weight is 206 g/mol. The van der Waals surface area contributed by atoms with Crippen molar-refractivity contribution in [3.63, 3.8) is 0 Å². The molecule has 0 bridgehead atoms. The van der Waals surface area contributed by atoms with Crippen LogP contribution in [-0.4, -0.2) is 11.4 Å². The first kappa shape index (κ1) is 11.8. The number of benzene rings is 1. The number of Topliss-reactive ketones (excluding diaryl/α,β-unsaturated/α-hetero) is 1. The standard InChI is InChI=1S/C13H18O2/c1-10-6-5-7-12(8-10)15-13(3,4)9-11(2)14/h5-8H,9H2,1-4H3. The Balaban J connectivity index is 2.72. The molecule has 0 N–H and O–H groups in total. The average Bonchev–Trinajstić information content (AvgIpc) is 1.99. The maximum atomic E-state index is 11.0. The van der Waals surface area contributed by atoms with E-state index in [0.29, 0.717) is 6.42 Å². The Labute approximate surface area is 91.3 Å². The van der Waals surface area contributed by atoms with Crippen LogP contribution in [0, 0.1) is 6.92 Å². The summed E-state index contributed by atoms with van der Waals surface area (Å²) in [6.45, 7) is 7.46. The van der Waals surface area contributed by atoms with Crippen LogP contribution >= 0.6 is 0 Å². The van der Waals surface area contributed by atoms with Gasteiger partial charge in [-0.1, -0.05) is 12.1 Å². The molecule has 0 spiro atoms. The van der Waals surface area contributed by atoms with E-state index in [-0.39, 0.29) is 5.78 Å². The molecular weight excluding hydrogens is 188 g/mol. The lowest BCUT2D eigenvalue weighted by atomic mass is 10.0. The zero-order valence-electron chi connectivity index (χ0n) is 9.83. The molecule has 0 unspecified atom stereocenters. The highest BCUT2D eigenvalue weighted by Crippen LogP contribution is 2.21. The second-order valence-corrected chi connectivity index (χ2v) is 4.56. The number of ether oxygens (including phenoxy) is 1. The molecule has 0 radical (unpaired) electrons. The minimum atomic E-state index is -0.431. The first-order chi connectivity index (χ1) is 6.89. The maximum Gasteiger partial charge on any atom is 0.133 e. The van der Waals surface area contributed by atoms with E-state index in [1.165, 1.54) is 0 Å². The van der Waals surface area contributed by atoms with Gasteiger partial charge in [-0.2, -0.15) is 0 Å². The Morgan fingerprint density at radius 3 is 2.60 bits per heavy atom. The van der Waals surface area contributed by atoms with E-state index in [0.717, 1.165) is 11.3 Å². The molecule has 0 amide bonds. The highest BCUT2D eigenvalue weighted by atomic mass is 16.5. The minimum Gasteiger partial charge on any atom is -0.487 e. The topological polar surface area (TPSA) is 26.3 Å². The highest BCUT2D eigenvalue weighted by Gasteiger charge is 2.21. The van der Waals surface area contributed by atoms with Gasteiger partial charge in [0.05, 0.1) is 0 Å². The summed E-state index contributed by atoms with van der Waals surface area (Å²) in [7, 11) is 0. The third kappa shape index (κ3) is 4.15. The summed E-state index contributed by atoms with van der Waals surface area (Å²) >= 11 is 0. The van der Waals surface area contributed by atoms with E-state index < -0.39 is 5.60 Å². The van der Waals surface area contributed by atoms with Gasteiger partial charge in [0, 0.05) is 6.42 Å². The predicted octanol–water partition coefficient (Wildman–Crippen LogP) is 3.13. The molecule has 1 rings (SSSR count).